The van der Waals surface area contributed by atoms with E-state index in [0.717, 1.165) is 9.04 Å². The molecule has 0 radical (unpaired) electrons. The summed E-state index contributed by atoms with van der Waals surface area (Å²) in [4.78, 5) is 39.4. The van der Waals surface area contributed by atoms with E-state index in [9.17, 15) is 19.7 Å². The van der Waals surface area contributed by atoms with Crippen molar-refractivity contribution in [3.8, 4) is 17.1 Å². The molecule has 0 amide bonds. The Kier molecular flexibility index (Phi) is 3.88. The molecule has 0 unspecified atom stereocenters. The maximum atomic E-state index is 12.6. The highest BCUT2D eigenvalue weighted by Gasteiger charge is 2.21. The summed E-state index contributed by atoms with van der Waals surface area (Å²) >= 11 is 3.37. The van der Waals surface area contributed by atoms with Gasteiger partial charge in [0.05, 0.1) is 16.0 Å². The fourth-order valence-corrected chi connectivity index (χ4v) is 3.25. The number of non-ortho nitro benzene ring substituents is 1. The van der Waals surface area contributed by atoms with E-state index in [-0.39, 0.29) is 17.1 Å². The summed E-state index contributed by atoms with van der Waals surface area (Å²) in [6, 6.07) is 13.1. The van der Waals surface area contributed by atoms with Crippen molar-refractivity contribution in [3.63, 3.8) is 0 Å². The van der Waals surface area contributed by atoms with Gasteiger partial charge in [-0.15, -0.1) is 0 Å². The highest BCUT2D eigenvalue weighted by molar-refractivity contribution is 9.10. The zero-order valence-electron chi connectivity index (χ0n) is 13.9. The van der Waals surface area contributed by atoms with Crippen LogP contribution in [0, 0.1) is 10.1 Å². The standard InChI is InChI=1S/C18H11BrN4O4/c1-21-17(24)14-9-10-8-13(23(26)27)6-7-15(10)22(16(14)20-18(21)25)12-4-2-11(19)3-5-12/h2-9H,1H3. The Hall–Kier alpha value is -3.33. The molecule has 0 N–H and O–H groups in total. The highest BCUT2D eigenvalue weighted by Crippen LogP contribution is 2.30. The van der Waals surface area contributed by atoms with Crippen LogP contribution in [0.5, 0.6) is 0 Å². The third-order valence-corrected chi connectivity index (χ3v) is 4.85. The Balaban J connectivity index is 2.22. The molecule has 8 nitrogen and oxygen atoms in total. The van der Waals surface area contributed by atoms with Crippen molar-refractivity contribution in [1.29, 1.82) is 0 Å². The van der Waals surface area contributed by atoms with Crippen LogP contribution in [0.15, 0.2) is 62.6 Å². The number of fused-ring (bicyclic) bond motifs is 2. The van der Waals surface area contributed by atoms with Gasteiger partial charge in [0.2, 0.25) is 0 Å². The minimum Gasteiger partial charge on any atom is -0.294 e. The van der Waals surface area contributed by atoms with Crippen molar-refractivity contribution in [2.45, 2.75) is 0 Å². The van der Waals surface area contributed by atoms with E-state index < -0.39 is 16.2 Å². The SMILES string of the molecule is Cn1c(=O)nc2n(-c3ccc(Br)cc3)c3ccc([N+](=O)[O-])cc3cc-2c1=O. The largest absolute Gasteiger partial charge is 0.352 e. The number of hydrogen-bond donors (Lipinski definition) is 0. The molecule has 0 bridgehead atoms. The minimum atomic E-state index is -0.667. The van der Waals surface area contributed by atoms with E-state index in [1.807, 2.05) is 12.1 Å². The van der Waals surface area contributed by atoms with Crippen molar-refractivity contribution in [3.05, 3.63) is 84.0 Å². The smallest absolute Gasteiger partial charge is 0.294 e. The molecule has 0 aromatic heterocycles. The number of nitrogens with zero attached hydrogens (tertiary/aromatic N) is 4. The average molecular weight is 427 g/mol. The molecular weight excluding hydrogens is 416 g/mol. The predicted octanol–water partition coefficient (Wildman–Crippen LogP) is 2.86. The van der Waals surface area contributed by atoms with Gasteiger partial charge in [-0.2, -0.15) is 4.98 Å². The number of halogens is 1. The first-order valence-electron chi connectivity index (χ1n) is 7.84. The zero-order chi connectivity index (χ0) is 19.3. The quantitative estimate of drug-likeness (QED) is 0.278. The molecule has 0 aliphatic carbocycles. The second-order valence-electron chi connectivity index (χ2n) is 5.95. The molecule has 27 heavy (non-hydrogen) atoms. The summed E-state index contributed by atoms with van der Waals surface area (Å²) in [5, 5.41) is 11.6. The van der Waals surface area contributed by atoms with Crippen molar-refractivity contribution >= 4 is 32.5 Å². The van der Waals surface area contributed by atoms with Gasteiger partial charge >= 0.3 is 5.69 Å². The van der Waals surface area contributed by atoms with E-state index in [0.29, 0.717) is 16.6 Å². The predicted molar refractivity (Wildman–Crippen MR) is 104 cm³/mol. The fourth-order valence-electron chi connectivity index (χ4n) is 2.98. The lowest BCUT2D eigenvalue weighted by molar-refractivity contribution is -0.384. The van der Waals surface area contributed by atoms with Crippen molar-refractivity contribution < 1.29 is 4.92 Å². The fraction of sp³-hybridized carbons (Fsp3) is 0.0556. The van der Waals surface area contributed by atoms with Gasteiger partial charge in [0.15, 0.2) is 5.82 Å². The first-order valence-corrected chi connectivity index (χ1v) is 8.63. The molecule has 0 saturated heterocycles. The molecule has 2 heterocycles. The summed E-state index contributed by atoms with van der Waals surface area (Å²) in [6.45, 7) is 0. The van der Waals surface area contributed by atoms with Gasteiger partial charge < -0.3 is 0 Å². The van der Waals surface area contributed by atoms with Gasteiger partial charge in [0.1, 0.15) is 0 Å². The van der Waals surface area contributed by atoms with Gasteiger partial charge in [0, 0.05) is 34.7 Å². The van der Waals surface area contributed by atoms with Gasteiger partial charge in [-0.25, -0.2) is 4.79 Å². The molecule has 0 saturated carbocycles. The number of aromatic nitrogens is 3. The summed E-state index contributed by atoms with van der Waals surface area (Å²) in [7, 11) is 1.35. The van der Waals surface area contributed by atoms with Crippen LogP contribution in [-0.4, -0.2) is 19.0 Å². The Morgan fingerprint density at radius 3 is 2.44 bits per heavy atom. The maximum absolute atomic E-state index is 12.6. The zero-order valence-corrected chi connectivity index (χ0v) is 15.5. The number of nitro benzene ring substituents is 1. The van der Waals surface area contributed by atoms with Crippen molar-refractivity contribution in [2.75, 3.05) is 0 Å². The minimum absolute atomic E-state index is 0.0885. The van der Waals surface area contributed by atoms with Crippen LogP contribution >= 0.6 is 15.9 Å². The highest BCUT2D eigenvalue weighted by atomic mass is 79.9. The van der Waals surface area contributed by atoms with E-state index >= 15 is 0 Å². The lowest BCUT2D eigenvalue weighted by Gasteiger charge is -2.18. The summed E-state index contributed by atoms with van der Waals surface area (Å²) in [5.74, 6) is 0.201. The Bertz CT molecular complexity index is 1310. The first-order chi connectivity index (χ1) is 12.9. The van der Waals surface area contributed by atoms with Crippen LogP contribution in [-0.2, 0) is 7.05 Å². The number of nitro groups is 1. The number of pyridine rings is 1. The third-order valence-electron chi connectivity index (χ3n) is 4.32. The molecule has 0 fully saturated rings. The number of hydrogen-bond acceptors (Lipinski definition) is 5. The summed E-state index contributed by atoms with van der Waals surface area (Å²) < 4.78 is 3.43. The number of rotatable bonds is 2. The van der Waals surface area contributed by atoms with E-state index in [1.165, 1.54) is 25.2 Å². The van der Waals surface area contributed by atoms with Crippen molar-refractivity contribution in [2.24, 2.45) is 7.05 Å². The van der Waals surface area contributed by atoms with Crippen LogP contribution in [0.1, 0.15) is 0 Å². The molecule has 0 spiro atoms. The Morgan fingerprint density at radius 2 is 1.78 bits per heavy atom. The molecule has 2 aromatic carbocycles. The van der Waals surface area contributed by atoms with Gasteiger partial charge in [-0.3, -0.25) is 24.0 Å². The molecule has 2 aromatic rings. The first kappa shape index (κ1) is 17.1. The van der Waals surface area contributed by atoms with Gasteiger partial charge in [-0.1, -0.05) is 15.9 Å². The van der Waals surface area contributed by atoms with Gasteiger partial charge in [-0.05, 0) is 36.4 Å². The van der Waals surface area contributed by atoms with Crippen LogP contribution in [0.4, 0.5) is 5.69 Å². The number of benzene rings is 2. The molecule has 2 aliphatic rings. The average Bonchev–Trinajstić information content (AvgIpc) is 2.65. The van der Waals surface area contributed by atoms with Crippen molar-refractivity contribution in [1.82, 2.24) is 14.1 Å². The van der Waals surface area contributed by atoms with Gasteiger partial charge in [0.25, 0.3) is 11.2 Å². The molecule has 4 rings (SSSR count). The van der Waals surface area contributed by atoms with Crippen LogP contribution in [0.3, 0.4) is 0 Å². The summed E-state index contributed by atoms with van der Waals surface area (Å²) in [6.07, 6.45) is 0. The molecular formula is C18H11BrN4O4. The van der Waals surface area contributed by atoms with E-state index in [4.69, 9.17) is 0 Å². The van der Waals surface area contributed by atoms with Crippen LogP contribution < -0.4 is 11.2 Å². The lowest BCUT2D eigenvalue weighted by atomic mass is 10.1. The maximum Gasteiger partial charge on any atom is 0.352 e. The Labute approximate surface area is 159 Å². The van der Waals surface area contributed by atoms with E-state index in [2.05, 4.69) is 20.9 Å². The molecule has 0 atom stereocenters. The van der Waals surface area contributed by atoms with Crippen LogP contribution in [0.2, 0.25) is 0 Å². The normalized spacial score (nSPS) is 11.2. The Morgan fingerprint density at radius 1 is 1.07 bits per heavy atom. The van der Waals surface area contributed by atoms with Crippen LogP contribution in [0.25, 0.3) is 28.0 Å². The molecule has 9 heteroatoms. The molecule has 134 valence electrons. The third kappa shape index (κ3) is 2.72. The second kappa shape index (κ2) is 6.13. The molecule has 2 aliphatic heterocycles. The summed E-state index contributed by atoms with van der Waals surface area (Å²) in [5.41, 5.74) is 0.199. The monoisotopic (exact) mass is 426 g/mol. The lowest BCUT2D eigenvalue weighted by Crippen LogP contribution is -2.35. The topological polar surface area (TPSA) is 100 Å². The van der Waals surface area contributed by atoms with E-state index in [1.54, 1.807) is 22.8 Å². The second-order valence-corrected chi connectivity index (χ2v) is 6.87.